The summed E-state index contributed by atoms with van der Waals surface area (Å²) < 4.78 is 0. The molecule has 0 bridgehead atoms. The number of nitrogens with two attached hydrogens (primary N) is 1. The van der Waals surface area contributed by atoms with Crippen molar-refractivity contribution >= 4 is 17.6 Å². The van der Waals surface area contributed by atoms with Crippen molar-refractivity contribution in [1.29, 1.82) is 0 Å². The van der Waals surface area contributed by atoms with E-state index in [9.17, 15) is 9.59 Å². The van der Waals surface area contributed by atoms with Crippen molar-refractivity contribution in [3.63, 3.8) is 0 Å². The van der Waals surface area contributed by atoms with Gasteiger partial charge in [-0.3, -0.25) is 9.59 Å². The number of hydrogen-bond donors (Lipinski definition) is 3. The molecule has 0 saturated carbocycles. The molecule has 5 heteroatoms. The maximum absolute atomic E-state index is 11.6. The Morgan fingerprint density at radius 3 is 2.56 bits per heavy atom. The van der Waals surface area contributed by atoms with Gasteiger partial charge < -0.3 is 16.2 Å². The standard InChI is InChI=1S/C11H14N2O3/c1-6-5-8(3-4-9(6)12)10(14)13-7(2)11(15)16/h3-5,7H,12H2,1-2H3,(H,13,14)(H,15,16). The third kappa shape index (κ3) is 2.73. The Bertz CT molecular complexity index is 429. The van der Waals surface area contributed by atoms with Crippen LogP contribution in [0, 0.1) is 6.92 Å². The Labute approximate surface area is 93.3 Å². The van der Waals surface area contributed by atoms with Crippen LogP contribution in [0.5, 0.6) is 0 Å². The minimum Gasteiger partial charge on any atom is -0.480 e. The van der Waals surface area contributed by atoms with E-state index in [-0.39, 0.29) is 0 Å². The molecule has 0 spiro atoms. The van der Waals surface area contributed by atoms with Crippen LogP contribution in [0.1, 0.15) is 22.8 Å². The highest BCUT2D eigenvalue weighted by Crippen LogP contribution is 2.12. The van der Waals surface area contributed by atoms with Gasteiger partial charge in [0, 0.05) is 11.3 Å². The van der Waals surface area contributed by atoms with Crippen molar-refractivity contribution in [3.8, 4) is 0 Å². The van der Waals surface area contributed by atoms with Gasteiger partial charge >= 0.3 is 5.97 Å². The number of aryl methyl sites for hydroxylation is 1. The third-order valence-electron chi connectivity index (χ3n) is 2.25. The Balaban J connectivity index is 2.81. The number of carboxylic acids is 1. The summed E-state index contributed by atoms with van der Waals surface area (Å²) in [6.07, 6.45) is 0. The van der Waals surface area contributed by atoms with Crippen LogP contribution in [0.15, 0.2) is 18.2 Å². The highest BCUT2D eigenvalue weighted by molar-refractivity contribution is 5.97. The molecule has 86 valence electrons. The van der Waals surface area contributed by atoms with E-state index < -0.39 is 17.9 Å². The second-order valence-corrected chi connectivity index (χ2v) is 3.60. The molecule has 0 heterocycles. The van der Waals surface area contributed by atoms with Gasteiger partial charge in [0.05, 0.1) is 0 Å². The average Bonchev–Trinajstić information content (AvgIpc) is 2.21. The van der Waals surface area contributed by atoms with Crippen molar-refractivity contribution in [3.05, 3.63) is 29.3 Å². The number of carbonyl (C=O) groups excluding carboxylic acids is 1. The summed E-state index contributed by atoms with van der Waals surface area (Å²) in [6.45, 7) is 3.19. The van der Waals surface area contributed by atoms with Crippen LogP contribution in [0.2, 0.25) is 0 Å². The SMILES string of the molecule is Cc1cc(C(=O)NC(C)C(=O)O)ccc1N. The molecular formula is C11H14N2O3. The second kappa shape index (κ2) is 4.65. The maximum atomic E-state index is 11.6. The van der Waals surface area contributed by atoms with Crippen LogP contribution < -0.4 is 11.1 Å². The maximum Gasteiger partial charge on any atom is 0.325 e. The van der Waals surface area contributed by atoms with E-state index in [0.717, 1.165) is 5.56 Å². The largest absolute Gasteiger partial charge is 0.480 e. The molecule has 16 heavy (non-hydrogen) atoms. The highest BCUT2D eigenvalue weighted by Gasteiger charge is 2.15. The Kier molecular flexibility index (Phi) is 3.50. The number of rotatable bonds is 3. The molecule has 1 aromatic carbocycles. The minimum atomic E-state index is -1.07. The molecule has 1 aromatic rings. The number of anilines is 1. The zero-order valence-electron chi connectivity index (χ0n) is 9.15. The minimum absolute atomic E-state index is 0.403. The van der Waals surface area contributed by atoms with E-state index in [2.05, 4.69) is 5.32 Å². The van der Waals surface area contributed by atoms with Gasteiger partial charge in [-0.25, -0.2) is 0 Å². The fourth-order valence-corrected chi connectivity index (χ4v) is 1.16. The van der Waals surface area contributed by atoms with Crippen LogP contribution >= 0.6 is 0 Å². The Hall–Kier alpha value is -2.04. The number of hydrogen-bond acceptors (Lipinski definition) is 3. The van der Waals surface area contributed by atoms with Crippen molar-refractivity contribution in [2.45, 2.75) is 19.9 Å². The second-order valence-electron chi connectivity index (χ2n) is 3.60. The topological polar surface area (TPSA) is 92.4 Å². The fourth-order valence-electron chi connectivity index (χ4n) is 1.16. The summed E-state index contributed by atoms with van der Waals surface area (Å²) in [5.74, 6) is -1.49. The van der Waals surface area contributed by atoms with Crippen LogP contribution in [0.3, 0.4) is 0 Å². The quantitative estimate of drug-likeness (QED) is 0.659. The first kappa shape index (κ1) is 12.0. The van der Waals surface area contributed by atoms with Crippen LogP contribution in [0.4, 0.5) is 5.69 Å². The molecule has 1 rings (SSSR count). The first-order chi connectivity index (χ1) is 7.41. The van der Waals surface area contributed by atoms with Gasteiger partial charge in [0.15, 0.2) is 0 Å². The summed E-state index contributed by atoms with van der Waals surface area (Å²) in [6, 6.07) is 3.89. The Morgan fingerprint density at radius 2 is 2.06 bits per heavy atom. The van der Waals surface area contributed by atoms with Gasteiger partial charge in [-0.2, -0.15) is 0 Å². The van der Waals surface area contributed by atoms with Gasteiger partial charge in [-0.1, -0.05) is 0 Å². The number of nitrogen functional groups attached to an aromatic ring is 1. The molecule has 5 nitrogen and oxygen atoms in total. The van der Waals surface area contributed by atoms with Gasteiger partial charge in [-0.15, -0.1) is 0 Å². The lowest BCUT2D eigenvalue weighted by Gasteiger charge is -2.10. The van der Waals surface area contributed by atoms with E-state index in [1.54, 1.807) is 25.1 Å². The summed E-state index contributed by atoms with van der Waals surface area (Å²) in [5.41, 5.74) is 7.40. The van der Waals surface area contributed by atoms with Gasteiger partial charge in [0.25, 0.3) is 5.91 Å². The molecule has 0 fully saturated rings. The fraction of sp³-hybridized carbons (Fsp3) is 0.273. The summed E-state index contributed by atoms with van der Waals surface area (Å²) in [5, 5.41) is 11.0. The molecule has 0 aliphatic heterocycles. The van der Waals surface area contributed by atoms with E-state index in [1.165, 1.54) is 6.92 Å². The molecule has 1 unspecified atom stereocenters. The summed E-state index contributed by atoms with van der Waals surface area (Å²) in [4.78, 5) is 22.2. The number of carboxylic acid groups (broad SMARTS) is 1. The monoisotopic (exact) mass is 222 g/mol. The summed E-state index contributed by atoms with van der Waals surface area (Å²) >= 11 is 0. The van der Waals surface area contributed by atoms with E-state index in [1.807, 2.05) is 0 Å². The Morgan fingerprint density at radius 1 is 1.44 bits per heavy atom. The molecule has 0 aliphatic rings. The average molecular weight is 222 g/mol. The molecule has 0 aliphatic carbocycles. The van der Waals surface area contributed by atoms with Crippen LogP contribution in [-0.4, -0.2) is 23.0 Å². The van der Waals surface area contributed by atoms with Crippen molar-refractivity contribution in [1.82, 2.24) is 5.32 Å². The van der Waals surface area contributed by atoms with Crippen molar-refractivity contribution < 1.29 is 14.7 Å². The van der Waals surface area contributed by atoms with Gasteiger partial charge in [0.2, 0.25) is 0 Å². The zero-order valence-corrected chi connectivity index (χ0v) is 9.15. The predicted molar refractivity (Wildman–Crippen MR) is 60.2 cm³/mol. The van der Waals surface area contributed by atoms with Crippen LogP contribution in [-0.2, 0) is 4.79 Å². The number of carbonyl (C=O) groups is 2. The van der Waals surface area contributed by atoms with E-state index in [0.29, 0.717) is 11.3 Å². The smallest absolute Gasteiger partial charge is 0.325 e. The lowest BCUT2D eigenvalue weighted by molar-refractivity contribution is -0.138. The zero-order chi connectivity index (χ0) is 12.3. The number of nitrogens with one attached hydrogen (secondary N) is 1. The third-order valence-corrected chi connectivity index (χ3v) is 2.25. The lowest BCUT2D eigenvalue weighted by Crippen LogP contribution is -2.38. The predicted octanol–water partition coefficient (Wildman–Crippen LogP) is 0.780. The molecule has 0 aromatic heterocycles. The van der Waals surface area contributed by atoms with Gasteiger partial charge in [0.1, 0.15) is 6.04 Å². The summed E-state index contributed by atoms with van der Waals surface area (Å²) in [7, 11) is 0. The molecular weight excluding hydrogens is 208 g/mol. The molecule has 1 atom stereocenters. The number of aliphatic carboxylic acids is 1. The highest BCUT2D eigenvalue weighted by atomic mass is 16.4. The van der Waals surface area contributed by atoms with Crippen molar-refractivity contribution in [2.75, 3.05) is 5.73 Å². The molecule has 4 N–H and O–H groups in total. The van der Waals surface area contributed by atoms with Crippen LogP contribution in [0.25, 0.3) is 0 Å². The van der Waals surface area contributed by atoms with Crippen molar-refractivity contribution in [2.24, 2.45) is 0 Å². The molecule has 0 saturated heterocycles. The molecule has 1 amide bonds. The number of benzene rings is 1. The van der Waals surface area contributed by atoms with E-state index in [4.69, 9.17) is 10.8 Å². The van der Waals surface area contributed by atoms with Gasteiger partial charge in [-0.05, 0) is 37.6 Å². The number of amides is 1. The first-order valence-electron chi connectivity index (χ1n) is 4.81. The van der Waals surface area contributed by atoms with E-state index >= 15 is 0 Å². The molecule has 0 radical (unpaired) electrons. The first-order valence-corrected chi connectivity index (χ1v) is 4.81. The normalized spacial score (nSPS) is 11.9. The lowest BCUT2D eigenvalue weighted by atomic mass is 10.1.